The summed E-state index contributed by atoms with van der Waals surface area (Å²) in [6.07, 6.45) is 0. The second-order valence-corrected chi connectivity index (χ2v) is 9.57. The van der Waals surface area contributed by atoms with E-state index in [0.29, 0.717) is 27.2 Å². The van der Waals surface area contributed by atoms with Crippen molar-refractivity contribution in [3.05, 3.63) is 58.4 Å². The van der Waals surface area contributed by atoms with Gasteiger partial charge in [0.2, 0.25) is 10.0 Å². The molecule has 0 aliphatic rings. The number of rotatable bonds is 6. The van der Waals surface area contributed by atoms with Gasteiger partial charge in [0.15, 0.2) is 5.13 Å². The Bertz CT molecular complexity index is 1140. The molecule has 1 heterocycles. The predicted molar refractivity (Wildman–Crippen MR) is 114 cm³/mol. The van der Waals surface area contributed by atoms with E-state index in [1.54, 1.807) is 24.6 Å². The molecule has 3 aromatic rings. The Balaban J connectivity index is 1.74. The highest BCUT2D eigenvalue weighted by Gasteiger charge is 2.18. The van der Waals surface area contributed by atoms with E-state index in [4.69, 9.17) is 16.3 Å². The van der Waals surface area contributed by atoms with Crippen molar-refractivity contribution >= 4 is 44.0 Å². The summed E-state index contributed by atoms with van der Waals surface area (Å²) in [5, 5.41) is 5.41. The van der Waals surface area contributed by atoms with Crippen molar-refractivity contribution in [3.8, 4) is 17.0 Å². The lowest BCUT2D eigenvalue weighted by molar-refractivity contribution is 0.102. The first-order valence-electron chi connectivity index (χ1n) is 8.36. The van der Waals surface area contributed by atoms with Crippen molar-refractivity contribution in [3.63, 3.8) is 0 Å². The summed E-state index contributed by atoms with van der Waals surface area (Å²) in [7, 11) is 0.900. The fraction of sp³-hybridized carbons (Fsp3) is 0.158. The summed E-state index contributed by atoms with van der Waals surface area (Å²) in [6, 6.07) is 11.0. The molecule has 1 aromatic heterocycles. The number of methoxy groups -OCH3 is 1. The van der Waals surface area contributed by atoms with E-state index in [9.17, 15) is 13.2 Å². The summed E-state index contributed by atoms with van der Waals surface area (Å²) < 4.78 is 30.5. The van der Waals surface area contributed by atoms with Crippen LogP contribution in [0.5, 0.6) is 5.75 Å². The summed E-state index contributed by atoms with van der Waals surface area (Å²) in [5.74, 6) is 0.186. The Hall–Kier alpha value is -2.46. The van der Waals surface area contributed by atoms with Gasteiger partial charge in [-0.1, -0.05) is 11.6 Å². The molecule has 0 bridgehead atoms. The van der Waals surface area contributed by atoms with Gasteiger partial charge in [-0.2, -0.15) is 0 Å². The lowest BCUT2D eigenvalue weighted by Crippen LogP contribution is -2.22. The van der Waals surface area contributed by atoms with Crippen LogP contribution in [0.25, 0.3) is 11.3 Å². The van der Waals surface area contributed by atoms with E-state index in [0.717, 1.165) is 9.87 Å². The van der Waals surface area contributed by atoms with E-state index in [1.165, 1.54) is 49.7 Å². The quantitative estimate of drug-likeness (QED) is 0.612. The van der Waals surface area contributed by atoms with Crippen LogP contribution in [-0.4, -0.2) is 44.8 Å². The molecule has 29 heavy (non-hydrogen) atoms. The van der Waals surface area contributed by atoms with Crippen molar-refractivity contribution in [1.29, 1.82) is 0 Å². The van der Waals surface area contributed by atoms with Gasteiger partial charge in [0, 0.05) is 30.6 Å². The zero-order valence-corrected chi connectivity index (χ0v) is 18.2. The van der Waals surface area contributed by atoms with Crippen LogP contribution in [0.3, 0.4) is 0 Å². The molecule has 152 valence electrons. The van der Waals surface area contributed by atoms with Crippen molar-refractivity contribution in [2.75, 3.05) is 26.5 Å². The molecular formula is C19H18ClN3O4S2. The molecule has 3 rings (SSSR count). The number of hydrogen-bond acceptors (Lipinski definition) is 6. The number of hydrogen-bond donors (Lipinski definition) is 1. The van der Waals surface area contributed by atoms with E-state index >= 15 is 0 Å². The SMILES string of the molecule is COc1ccc(-c2csc(NC(=O)c3ccc(S(=O)(=O)N(C)C)cc3)n2)cc1Cl. The molecule has 0 aliphatic carbocycles. The first-order chi connectivity index (χ1) is 13.7. The first-order valence-corrected chi connectivity index (χ1v) is 11.1. The summed E-state index contributed by atoms with van der Waals surface area (Å²) in [6.45, 7) is 0. The van der Waals surface area contributed by atoms with Crippen LogP contribution in [0.1, 0.15) is 10.4 Å². The number of anilines is 1. The van der Waals surface area contributed by atoms with Crippen molar-refractivity contribution in [2.45, 2.75) is 4.90 Å². The van der Waals surface area contributed by atoms with Gasteiger partial charge < -0.3 is 4.74 Å². The smallest absolute Gasteiger partial charge is 0.257 e. The Kier molecular flexibility index (Phi) is 6.23. The van der Waals surface area contributed by atoms with Gasteiger partial charge in [0.25, 0.3) is 5.91 Å². The van der Waals surface area contributed by atoms with Crippen LogP contribution >= 0.6 is 22.9 Å². The summed E-state index contributed by atoms with van der Waals surface area (Å²) in [5.41, 5.74) is 1.79. The third-order valence-electron chi connectivity index (χ3n) is 4.07. The maximum Gasteiger partial charge on any atom is 0.257 e. The molecule has 0 aliphatic heterocycles. The number of sulfonamides is 1. The number of benzene rings is 2. The number of ether oxygens (including phenoxy) is 1. The number of carbonyl (C=O) groups is 1. The molecular weight excluding hydrogens is 434 g/mol. The molecule has 2 aromatic carbocycles. The van der Waals surface area contributed by atoms with Gasteiger partial charge in [0.05, 0.1) is 22.7 Å². The van der Waals surface area contributed by atoms with E-state index in [2.05, 4.69) is 10.3 Å². The third kappa shape index (κ3) is 4.59. The first kappa shape index (κ1) is 21.3. The largest absolute Gasteiger partial charge is 0.495 e. The zero-order valence-electron chi connectivity index (χ0n) is 15.8. The fourth-order valence-electron chi connectivity index (χ4n) is 2.45. The second-order valence-electron chi connectivity index (χ2n) is 6.15. The predicted octanol–water partition coefficient (Wildman–Crippen LogP) is 3.97. The highest BCUT2D eigenvalue weighted by atomic mass is 35.5. The topological polar surface area (TPSA) is 88.6 Å². The minimum absolute atomic E-state index is 0.118. The van der Waals surface area contributed by atoms with Crippen LogP contribution < -0.4 is 10.1 Å². The van der Waals surface area contributed by atoms with Crippen LogP contribution in [-0.2, 0) is 10.0 Å². The number of nitrogens with one attached hydrogen (secondary N) is 1. The van der Waals surface area contributed by atoms with Crippen molar-refractivity contribution in [1.82, 2.24) is 9.29 Å². The van der Waals surface area contributed by atoms with Crippen LogP contribution in [0.15, 0.2) is 52.7 Å². The molecule has 0 atom stereocenters. The molecule has 0 spiro atoms. The average molecular weight is 452 g/mol. The van der Waals surface area contributed by atoms with Gasteiger partial charge in [-0.05, 0) is 42.5 Å². The highest BCUT2D eigenvalue weighted by molar-refractivity contribution is 7.89. The van der Waals surface area contributed by atoms with Gasteiger partial charge in [-0.25, -0.2) is 17.7 Å². The Morgan fingerprint density at radius 2 is 1.86 bits per heavy atom. The second kappa shape index (κ2) is 8.50. The highest BCUT2D eigenvalue weighted by Crippen LogP contribution is 2.31. The summed E-state index contributed by atoms with van der Waals surface area (Å²) >= 11 is 7.42. The molecule has 0 saturated carbocycles. The number of thiazole rings is 1. The molecule has 0 unspecified atom stereocenters. The lowest BCUT2D eigenvalue weighted by atomic mass is 10.2. The van der Waals surface area contributed by atoms with Crippen LogP contribution in [0.4, 0.5) is 5.13 Å². The zero-order chi connectivity index (χ0) is 21.2. The third-order valence-corrected chi connectivity index (χ3v) is 6.95. The fourth-order valence-corrected chi connectivity index (χ4v) is 4.32. The molecule has 0 saturated heterocycles. The van der Waals surface area contributed by atoms with Gasteiger partial charge in [-0.3, -0.25) is 10.1 Å². The normalized spacial score (nSPS) is 11.5. The number of amides is 1. The van der Waals surface area contributed by atoms with Gasteiger partial charge >= 0.3 is 0 Å². The maximum atomic E-state index is 12.5. The number of nitrogens with zero attached hydrogens (tertiary/aromatic N) is 2. The standard InChI is InChI=1S/C19H18ClN3O4S2/c1-23(2)29(25,26)14-7-4-12(5-8-14)18(24)22-19-21-16(11-28-19)13-6-9-17(27-3)15(20)10-13/h4-11H,1-3H3,(H,21,22,24). The number of aromatic nitrogens is 1. The molecule has 0 radical (unpaired) electrons. The Morgan fingerprint density at radius 1 is 1.17 bits per heavy atom. The number of carbonyl (C=O) groups excluding carboxylic acids is 1. The maximum absolute atomic E-state index is 12.5. The average Bonchev–Trinajstić information content (AvgIpc) is 3.16. The molecule has 10 heteroatoms. The monoisotopic (exact) mass is 451 g/mol. The van der Waals surface area contributed by atoms with Crippen LogP contribution in [0, 0.1) is 0 Å². The van der Waals surface area contributed by atoms with Gasteiger partial charge in [0.1, 0.15) is 5.75 Å². The van der Waals surface area contributed by atoms with Crippen LogP contribution in [0.2, 0.25) is 5.02 Å². The molecule has 1 N–H and O–H groups in total. The summed E-state index contributed by atoms with van der Waals surface area (Å²) in [4.78, 5) is 17.0. The lowest BCUT2D eigenvalue weighted by Gasteiger charge is -2.11. The molecule has 1 amide bonds. The van der Waals surface area contributed by atoms with Crippen molar-refractivity contribution in [2.24, 2.45) is 0 Å². The minimum Gasteiger partial charge on any atom is -0.495 e. The Labute approximate surface area is 178 Å². The van der Waals surface area contributed by atoms with Gasteiger partial charge in [-0.15, -0.1) is 11.3 Å². The van der Waals surface area contributed by atoms with E-state index < -0.39 is 10.0 Å². The molecule has 7 nitrogen and oxygen atoms in total. The number of halogens is 1. The van der Waals surface area contributed by atoms with E-state index in [-0.39, 0.29) is 10.8 Å². The Morgan fingerprint density at radius 3 is 2.45 bits per heavy atom. The molecule has 0 fully saturated rings. The van der Waals surface area contributed by atoms with E-state index in [1.807, 2.05) is 6.07 Å². The minimum atomic E-state index is -3.54. The van der Waals surface area contributed by atoms with Crippen molar-refractivity contribution < 1.29 is 17.9 Å².